The number of ether oxygens (including phenoxy) is 6. The largest absolute Gasteiger partial charge is 0.493 e. The van der Waals surface area contributed by atoms with E-state index >= 15 is 0 Å². The number of methoxy groups -OCH3 is 3. The lowest BCUT2D eigenvalue weighted by molar-refractivity contribution is -0.141. The summed E-state index contributed by atoms with van der Waals surface area (Å²) in [7, 11) is 4.65. The molecule has 1 saturated heterocycles. The normalized spacial score (nSPS) is 22.4. The van der Waals surface area contributed by atoms with E-state index in [4.69, 9.17) is 28.4 Å². The molecule has 1 amide bonds. The zero-order valence-corrected chi connectivity index (χ0v) is 23.6. The van der Waals surface area contributed by atoms with Gasteiger partial charge in [-0.3, -0.25) is 9.59 Å². The molecule has 0 unspecified atom stereocenters. The van der Waals surface area contributed by atoms with Gasteiger partial charge in [0, 0.05) is 15.4 Å². The minimum absolute atomic E-state index is 0.0984. The molecule has 9 nitrogen and oxygen atoms in total. The van der Waals surface area contributed by atoms with Crippen LogP contribution >= 0.6 is 22.6 Å². The van der Waals surface area contributed by atoms with Gasteiger partial charge in [-0.05, 0) is 75.7 Å². The number of benzene rings is 3. The summed E-state index contributed by atoms with van der Waals surface area (Å²) in [5.74, 6) is 0.728. The van der Waals surface area contributed by atoms with Crippen LogP contribution in [-0.2, 0) is 9.53 Å². The Morgan fingerprint density at radius 2 is 1.59 bits per heavy atom. The summed E-state index contributed by atoms with van der Waals surface area (Å²) in [6.07, 6.45) is 0. The van der Waals surface area contributed by atoms with Crippen molar-refractivity contribution in [1.29, 1.82) is 0 Å². The Morgan fingerprint density at radius 1 is 0.923 bits per heavy atom. The number of carbonyl (C=O) groups excluding carboxylic acids is 2. The highest BCUT2D eigenvalue weighted by molar-refractivity contribution is 14.1. The van der Waals surface area contributed by atoms with Crippen LogP contribution in [0.15, 0.2) is 48.5 Å². The number of rotatable bonds is 6. The molecule has 6 rings (SSSR count). The molecule has 1 fully saturated rings. The van der Waals surface area contributed by atoms with E-state index in [2.05, 4.69) is 27.9 Å². The van der Waals surface area contributed by atoms with Gasteiger partial charge in [-0.25, -0.2) is 0 Å². The summed E-state index contributed by atoms with van der Waals surface area (Å²) in [6.45, 7) is 0.274. The molecule has 3 aromatic rings. The van der Waals surface area contributed by atoms with Gasteiger partial charge in [0.25, 0.3) is 5.91 Å². The van der Waals surface area contributed by atoms with Gasteiger partial charge in [0.15, 0.2) is 23.0 Å². The molecule has 0 aromatic heterocycles. The fraction of sp³-hybridized carbons (Fsp3) is 0.310. The Morgan fingerprint density at radius 3 is 2.23 bits per heavy atom. The van der Waals surface area contributed by atoms with Crippen LogP contribution in [0, 0.1) is 15.4 Å². The summed E-state index contributed by atoms with van der Waals surface area (Å²) in [5, 5.41) is 3.21. The second-order valence-electron chi connectivity index (χ2n) is 9.52. The van der Waals surface area contributed by atoms with Crippen molar-refractivity contribution in [3.05, 3.63) is 74.4 Å². The molecule has 0 radical (unpaired) electrons. The van der Waals surface area contributed by atoms with E-state index in [1.165, 1.54) is 0 Å². The molecule has 39 heavy (non-hydrogen) atoms. The molecule has 202 valence electrons. The molecule has 3 aromatic carbocycles. The predicted molar refractivity (Wildman–Crippen MR) is 148 cm³/mol. The van der Waals surface area contributed by atoms with Crippen molar-refractivity contribution in [1.82, 2.24) is 5.32 Å². The maximum absolute atomic E-state index is 13.5. The molecule has 0 spiro atoms. The van der Waals surface area contributed by atoms with Crippen molar-refractivity contribution in [2.75, 3.05) is 34.7 Å². The lowest BCUT2D eigenvalue weighted by Crippen LogP contribution is -2.43. The zero-order valence-electron chi connectivity index (χ0n) is 21.5. The van der Waals surface area contributed by atoms with Crippen LogP contribution in [0.1, 0.15) is 39.0 Å². The van der Waals surface area contributed by atoms with Gasteiger partial charge in [-0.2, -0.15) is 0 Å². The van der Waals surface area contributed by atoms with Gasteiger partial charge in [0.1, 0.15) is 0 Å². The smallest absolute Gasteiger partial charge is 0.310 e. The molecule has 2 heterocycles. The van der Waals surface area contributed by atoms with E-state index in [1.54, 1.807) is 27.4 Å². The van der Waals surface area contributed by atoms with Crippen LogP contribution in [0.25, 0.3) is 0 Å². The van der Waals surface area contributed by atoms with Gasteiger partial charge in [-0.1, -0.05) is 12.1 Å². The van der Waals surface area contributed by atoms with Crippen molar-refractivity contribution in [2.24, 2.45) is 11.8 Å². The minimum Gasteiger partial charge on any atom is -0.493 e. The summed E-state index contributed by atoms with van der Waals surface area (Å²) >= 11 is 2.15. The second-order valence-corrected chi connectivity index (χ2v) is 10.7. The molecule has 0 saturated carbocycles. The lowest BCUT2D eigenvalue weighted by atomic mass is 9.65. The summed E-state index contributed by atoms with van der Waals surface area (Å²) in [6, 6.07) is 14.4. The van der Waals surface area contributed by atoms with E-state index < -0.39 is 17.9 Å². The molecule has 2 aliphatic heterocycles. The summed E-state index contributed by atoms with van der Waals surface area (Å²) in [5.41, 5.74) is 3.04. The van der Waals surface area contributed by atoms with Crippen molar-refractivity contribution in [3.8, 4) is 28.7 Å². The van der Waals surface area contributed by atoms with Crippen LogP contribution in [0.4, 0.5) is 0 Å². The third-order valence-electron chi connectivity index (χ3n) is 7.64. The van der Waals surface area contributed by atoms with Crippen molar-refractivity contribution in [3.63, 3.8) is 0 Å². The summed E-state index contributed by atoms with van der Waals surface area (Å²) < 4.78 is 34.7. The Kier molecular flexibility index (Phi) is 6.66. The van der Waals surface area contributed by atoms with E-state index in [0.717, 1.165) is 20.3 Å². The monoisotopic (exact) mass is 643 g/mol. The van der Waals surface area contributed by atoms with E-state index in [0.29, 0.717) is 34.3 Å². The quantitative estimate of drug-likeness (QED) is 0.311. The van der Waals surface area contributed by atoms with Crippen LogP contribution in [-0.4, -0.2) is 46.6 Å². The highest BCUT2D eigenvalue weighted by Crippen LogP contribution is 2.55. The number of nitrogens with one attached hydrogen (secondary N) is 1. The fourth-order valence-electron chi connectivity index (χ4n) is 5.89. The Hall–Kier alpha value is -3.67. The van der Waals surface area contributed by atoms with Gasteiger partial charge >= 0.3 is 5.97 Å². The van der Waals surface area contributed by atoms with E-state index in [9.17, 15) is 9.59 Å². The SMILES string of the molecule is COc1cc([C@@H]2c3cc4c(cc3[C@@H](NC(=O)c3ccccc3I)[C@H]3COC(=O)[C@H]23)OCO4)cc(OC)c1OC. The zero-order chi connectivity index (χ0) is 27.3. The maximum atomic E-state index is 13.5. The molecule has 4 atom stereocenters. The Bertz CT molecular complexity index is 1450. The first kappa shape index (κ1) is 25.6. The van der Waals surface area contributed by atoms with Gasteiger partial charge in [0.05, 0.1) is 45.5 Å². The number of cyclic esters (lactones) is 1. The van der Waals surface area contributed by atoms with Crippen molar-refractivity contribution < 1.29 is 38.0 Å². The number of hydrogen-bond acceptors (Lipinski definition) is 8. The molecule has 0 bridgehead atoms. The van der Waals surface area contributed by atoms with Crippen LogP contribution in [0.2, 0.25) is 0 Å². The number of halogens is 1. The number of esters is 1. The van der Waals surface area contributed by atoms with Crippen LogP contribution in [0.5, 0.6) is 28.7 Å². The molecule has 1 N–H and O–H groups in total. The highest BCUT2D eigenvalue weighted by atomic mass is 127. The Balaban J connectivity index is 1.53. The average molecular weight is 643 g/mol. The number of hydrogen-bond donors (Lipinski definition) is 1. The molecule has 10 heteroatoms. The van der Waals surface area contributed by atoms with Gasteiger partial charge in [0.2, 0.25) is 12.5 Å². The molecule has 1 aliphatic carbocycles. The fourth-order valence-corrected chi connectivity index (χ4v) is 6.53. The Labute approximate surface area is 238 Å². The highest BCUT2D eigenvalue weighted by Gasteiger charge is 2.53. The first-order valence-corrected chi connectivity index (χ1v) is 13.5. The number of fused-ring (bicyclic) bond motifs is 3. The third kappa shape index (κ3) is 4.21. The van der Waals surface area contributed by atoms with Crippen LogP contribution < -0.4 is 29.0 Å². The maximum Gasteiger partial charge on any atom is 0.310 e. The van der Waals surface area contributed by atoms with E-state index in [1.807, 2.05) is 42.5 Å². The van der Waals surface area contributed by atoms with Gasteiger partial charge < -0.3 is 33.7 Å². The minimum atomic E-state index is -0.569. The molecule has 3 aliphatic rings. The topological polar surface area (TPSA) is 102 Å². The van der Waals surface area contributed by atoms with Crippen molar-refractivity contribution in [2.45, 2.75) is 12.0 Å². The second kappa shape index (κ2) is 10.1. The summed E-state index contributed by atoms with van der Waals surface area (Å²) in [4.78, 5) is 26.8. The lowest BCUT2D eigenvalue weighted by Gasteiger charge is -2.39. The van der Waals surface area contributed by atoms with E-state index in [-0.39, 0.29) is 31.2 Å². The first-order chi connectivity index (χ1) is 18.9. The number of carbonyl (C=O) groups is 2. The third-order valence-corrected chi connectivity index (χ3v) is 8.58. The molecular formula is C29H26INO8. The average Bonchev–Trinajstić information content (AvgIpc) is 3.57. The van der Waals surface area contributed by atoms with Crippen molar-refractivity contribution >= 4 is 34.5 Å². The molecular weight excluding hydrogens is 617 g/mol. The van der Waals surface area contributed by atoms with Gasteiger partial charge in [-0.15, -0.1) is 0 Å². The number of amides is 1. The predicted octanol–water partition coefficient (Wildman–Crippen LogP) is 4.45. The van der Waals surface area contributed by atoms with Crippen LogP contribution in [0.3, 0.4) is 0 Å². The standard InChI is InChI=1S/C29H26INO8/c1-34-22-8-14(9-23(35-2)27(22)36-3)24-16-10-20-21(39-13-38-20)11-17(16)26(18-12-37-29(33)25(18)24)31-28(32)15-6-4-5-7-19(15)30/h4-11,18,24-26H,12-13H2,1-3H3,(H,31,32)/t18-,24+,25-,26+/m0/s1. The first-order valence-electron chi connectivity index (χ1n) is 12.4.